The van der Waals surface area contributed by atoms with Crippen molar-refractivity contribution in [3.05, 3.63) is 45.6 Å². The van der Waals surface area contributed by atoms with Crippen molar-refractivity contribution in [2.24, 2.45) is 7.05 Å². The maximum atomic E-state index is 4.26. The van der Waals surface area contributed by atoms with E-state index in [0.29, 0.717) is 0 Å². The third-order valence-corrected chi connectivity index (χ3v) is 3.46. The minimum Gasteiger partial charge on any atom is -0.313 e. The van der Waals surface area contributed by atoms with E-state index in [1.165, 1.54) is 9.13 Å². The van der Waals surface area contributed by atoms with Crippen molar-refractivity contribution in [3.8, 4) is 0 Å². The largest absolute Gasteiger partial charge is 0.313 e. The molecule has 0 saturated heterocycles. The molecule has 1 aromatic carbocycles. The summed E-state index contributed by atoms with van der Waals surface area (Å²) in [4.78, 5) is 4.26. The van der Waals surface area contributed by atoms with E-state index in [-0.39, 0.29) is 6.04 Å². The van der Waals surface area contributed by atoms with Gasteiger partial charge in [0.15, 0.2) is 0 Å². The minimum absolute atomic E-state index is 0.271. The van der Waals surface area contributed by atoms with Crippen molar-refractivity contribution >= 4 is 22.6 Å². The fraction of sp³-hybridized carbons (Fsp3) is 0.333. The van der Waals surface area contributed by atoms with Crippen LogP contribution in [0.5, 0.6) is 0 Å². The van der Waals surface area contributed by atoms with Gasteiger partial charge in [-0.05, 0) is 47.3 Å². The molecule has 0 bridgehead atoms. The van der Waals surface area contributed by atoms with Gasteiger partial charge in [-0.3, -0.25) is 4.68 Å². The van der Waals surface area contributed by atoms with E-state index in [4.69, 9.17) is 0 Å². The highest BCUT2D eigenvalue weighted by molar-refractivity contribution is 14.1. The molecule has 1 unspecified atom stereocenters. The zero-order valence-electron chi connectivity index (χ0n) is 9.89. The van der Waals surface area contributed by atoms with Gasteiger partial charge in [0.25, 0.3) is 0 Å². The summed E-state index contributed by atoms with van der Waals surface area (Å²) in [7, 11) is 3.89. The van der Waals surface area contributed by atoms with Crippen LogP contribution in [-0.2, 0) is 13.5 Å². The lowest BCUT2D eigenvalue weighted by Crippen LogP contribution is -2.20. The van der Waals surface area contributed by atoms with Crippen molar-refractivity contribution in [3.63, 3.8) is 0 Å². The molecule has 0 amide bonds. The Morgan fingerprint density at radius 2 is 2.29 bits per heavy atom. The number of aryl methyl sites for hydroxylation is 1. The van der Waals surface area contributed by atoms with Crippen LogP contribution in [0.1, 0.15) is 17.4 Å². The Morgan fingerprint density at radius 1 is 1.47 bits per heavy atom. The smallest absolute Gasteiger partial charge is 0.138 e. The SMILES string of the molecule is CNC(Cc1ncnn1C)c1cccc(I)c1. The summed E-state index contributed by atoms with van der Waals surface area (Å²) in [5, 5.41) is 7.42. The third kappa shape index (κ3) is 3.04. The van der Waals surface area contributed by atoms with Crippen LogP contribution in [0.4, 0.5) is 0 Å². The topological polar surface area (TPSA) is 42.7 Å². The number of nitrogens with zero attached hydrogens (tertiary/aromatic N) is 3. The Balaban J connectivity index is 2.20. The summed E-state index contributed by atoms with van der Waals surface area (Å²) in [6.45, 7) is 0. The molecule has 1 atom stereocenters. The molecule has 0 spiro atoms. The van der Waals surface area contributed by atoms with Crippen molar-refractivity contribution < 1.29 is 0 Å². The van der Waals surface area contributed by atoms with Crippen molar-refractivity contribution in [2.45, 2.75) is 12.5 Å². The summed E-state index contributed by atoms with van der Waals surface area (Å²) in [6.07, 6.45) is 2.43. The van der Waals surface area contributed by atoms with E-state index in [1.54, 1.807) is 6.33 Å². The molecule has 5 heteroatoms. The first-order chi connectivity index (χ1) is 8.20. The van der Waals surface area contributed by atoms with Crippen LogP contribution in [0, 0.1) is 3.57 Å². The number of halogens is 1. The molecule has 0 aliphatic rings. The van der Waals surface area contributed by atoms with Crippen LogP contribution in [0.2, 0.25) is 0 Å². The summed E-state index contributed by atoms with van der Waals surface area (Å²) >= 11 is 2.33. The van der Waals surface area contributed by atoms with Crippen LogP contribution < -0.4 is 5.32 Å². The van der Waals surface area contributed by atoms with Gasteiger partial charge in [-0.25, -0.2) is 4.98 Å². The highest BCUT2D eigenvalue weighted by Gasteiger charge is 2.13. The van der Waals surface area contributed by atoms with Gasteiger partial charge in [0.2, 0.25) is 0 Å². The number of likely N-dealkylation sites (N-methyl/N-ethyl adjacent to an activating group) is 1. The highest BCUT2D eigenvalue weighted by atomic mass is 127. The molecular formula is C12H15IN4. The number of hydrogen-bond donors (Lipinski definition) is 1. The zero-order chi connectivity index (χ0) is 12.3. The number of hydrogen-bond acceptors (Lipinski definition) is 3. The molecule has 17 heavy (non-hydrogen) atoms. The number of aromatic nitrogens is 3. The van der Waals surface area contributed by atoms with Crippen molar-refractivity contribution in [1.82, 2.24) is 20.1 Å². The quantitative estimate of drug-likeness (QED) is 0.864. The fourth-order valence-electron chi connectivity index (χ4n) is 1.80. The van der Waals surface area contributed by atoms with Crippen molar-refractivity contribution in [2.75, 3.05) is 7.05 Å². The Hall–Kier alpha value is -0.950. The molecule has 1 heterocycles. The van der Waals surface area contributed by atoms with Gasteiger partial charge >= 0.3 is 0 Å². The van der Waals surface area contributed by atoms with Gasteiger partial charge in [0, 0.05) is 23.1 Å². The second kappa shape index (κ2) is 5.59. The van der Waals surface area contributed by atoms with Gasteiger partial charge in [0.1, 0.15) is 12.2 Å². The Morgan fingerprint density at radius 3 is 2.88 bits per heavy atom. The van der Waals surface area contributed by atoms with E-state index in [0.717, 1.165) is 12.2 Å². The molecule has 0 radical (unpaired) electrons. The molecule has 0 fully saturated rings. The van der Waals surface area contributed by atoms with Gasteiger partial charge in [0.05, 0.1) is 0 Å². The third-order valence-electron chi connectivity index (χ3n) is 2.79. The maximum Gasteiger partial charge on any atom is 0.138 e. The molecule has 0 saturated carbocycles. The summed E-state index contributed by atoms with van der Waals surface area (Å²) in [5.41, 5.74) is 1.28. The lowest BCUT2D eigenvalue weighted by Gasteiger charge is -2.16. The first-order valence-electron chi connectivity index (χ1n) is 5.46. The summed E-state index contributed by atoms with van der Waals surface area (Å²) < 4.78 is 3.07. The first kappa shape index (κ1) is 12.5. The molecular weight excluding hydrogens is 327 g/mol. The lowest BCUT2D eigenvalue weighted by molar-refractivity contribution is 0.553. The number of rotatable bonds is 4. The number of benzene rings is 1. The molecule has 2 rings (SSSR count). The van der Waals surface area contributed by atoms with E-state index >= 15 is 0 Å². The minimum atomic E-state index is 0.271. The van der Waals surface area contributed by atoms with E-state index in [1.807, 2.05) is 18.8 Å². The summed E-state index contributed by atoms with van der Waals surface area (Å²) in [5.74, 6) is 0.989. The van der Waals surface area contributed by atoms with Gasteiger partial charge in [-0.2, -0.15) is 5.10 Å². The van der Waals surface area contributed by atoms with Crippen LogP contribution in [0.15, 0.2) is 30.6 Å². The molecule has 1 N–H and O–H groups in total. The highest BCUT2D eigenvalue weighted by Crippen LogP contribution is 2.18. The molecule has 0 aliphatic carbocycles. The molecule has 1 aromatic heterocycles. The average Bonchev–Trinajstić information content (AvgIpc) is 2.71. The van der Waals surface area contributed by atoms with Crippen LogP contribution >= 0.6 is 22.6 Å². The predicted molar refractivity (Wildman–Crippen MR) is 75.7 cm³/mol. The molecule has 90 valence electrons. The normalized spacial score (nSPS) is 12.6. The molecule has 2 aromatic rings. The second-order valence-electron chi connectivity index (χ2n) is 3.90. The van der Waals surface area contributed by atoms with Crippen LogP contribution in [0.25, 0.3) is 0 Å². The Bertz CT molecular complexity index is 495. The first-order valence-corrected chi connectivity index (χ1v) is 6.54. The Labute approximate surface area is 115 Å². The van der Waals surface area contributed by atoms with Gasteiger partial charge in [-0.15, -0.1) is 0 Å². The van der Waals surface area contributed by atoms with E-state index in [2.05, 4.69) is 62.3 Å². The summed E-state index contributed by atoms with van der Waals surface area (Å²) in [6, 6.07) is 8.78. The standard InChI is InChI=1S/C12H15IN4/c1-14-11(7-12-15-8-16-17(12)2)9-4-3-5-10(13)6-9/h3-6,8,11,14H,7H2,1-2H3. The zero-order valence-corrected chi connectivity index (χ0v) is 12.0. The monoisotopic (exact) mass is 342 g/mol. The van der Waals surface area contributed by atoms with E-state index < -0.39 is 0 Å². The fourth-order valence-corrected chi connectivity index (χ4v) is 2.36. The Kier molecular flexibility index (Phi) is 4.11. The number of nitrogens with one attached hydrogen (secondary N) is 1. The average molecular weight is 342 g/mol. The lowest BCUT2D eigenvalue weighted by atomic mass is 10.0. The van der Waals surface area contributed by atoms with Crippen LogP contribution in [0.3, 0.4) is 0 Å². The van der Waals surface area contributed by atoms with Crippen LogP contribution in [-0.4, -0.2) is 21.8 Å². The molecule has 4 nitrogen and oxygen atoms in total. The van der Waals surface area contributed by atoms with Gasteiger partial charge in [-0.1, -0.05) is 12.1 Å². The molecule has 0 aliphatic heterocycles. The second-order valence-corrected chi connectivity index (χ2v) is 5.15. The van der Waals surface area contributed by atoms with Crippen molar-refractivity contribution in [1.29, 1.82) is 0 Å². The van der Waals surface area contributed by atoms with Gasteiger partial charge < -0.3 is 5.32 Å². The predicted octanol–water partition coefficient (Wildman–Crippen LogP) is 1.92. The van der Waals surface area contributed by atoms with E-state index in [9.17, 15) is 0 Å². The maximum absolute atomic E-state index is 4.26.